The van der Waals surface area contributed by atoms with Crippen LogP contribution in [0.25, 0.3) is 0 Å². The average Bonchev–Trinajstić information content (AvgIpc) is 1.38. The predicted molar refractivity (Wildman–Crippen MR) is 30.6 cm³/mol. The lowest BCUT2D eigenvalue weighted by Crippen LogP contribution is -1.79. The van der Waals surface area contributed by atoms with Crippen LogP contribution in [0.1, 0.15) is 13.8 Å². The van der Waals surface area contributed by atoms with Gasteiger partial charge in [-0.15, -0.1) is 0 Å². The van der Waals surface area contributed by atoms with Crippen molar-refractivity contribution in [2.45, 2.75) is 19.7 Å². The van der Waals surface area contributed by atoms with E-state index in [-0.39, 0.29) is 0 Å². The second-order valence-corrected chi connectivity index (χ2v) is 1.82. The summed E-state index contributed by atoms with van der Waals surface area (Å²) >= 11 is 0. The molecule has 0 amide bonds. The summed E-state index contributed by atoms with van der Waals surface area (Å²) in [6.45, 7) is 6.38. The molecule has 1 unspecified atom stereocenters. The average molecular weight is 86.9 g/mol. The standard InChI is InChI=1S/C3H9BP/c1-3(2)4-5/h3H,5H2,1-2H3. The van der Waals surface area contributed by atoms with E-state index in [1.807, 2.05) is 0 Å². The number of rotatable bonds is 1. The molecule has 29 valence electrons. The van der Waals surface area contributed by atoms with E-state index < -0.39 is 0 Å². The Morgan fingerprint density at radius 3 is 1.80 bits per heavy atom. The van der Waals surface area contributed by atoms with Crippen molar-refractivity contribution in [3.8, 4) is 0 Å². The van der Waals surface area contributed by atoms with Crippen molar-refractivity contribution in [3.63, 3.8) is 0 Å². The third-order valence-corrected chi connectivity index (χ3v) is 1.15. The fourth-order valence-corrected chi connectivity index (χ4v) is 0. The Kier molecular flexibility index (Phi) is 2.99. The highest BCUT2D eigenvalue weighted by molar-refractivity contribution is 7.55. The first-order valence-electron chi connectivity index (χ1n) is 1.82. The Morgan fingerprint density at radius 2 is 1.80 bits per heavy atom. The maximum absolute atomic E-state index is 2.57. The van der Waals surface area contributed by atoms with E-state index in [4.69, 9.17) is 0 Å². The molecule has 0 aromatic rings. The van der Waals surface area contributed by atoms with Crippen molar-refractivity contribution >= 4 is 16.1 Å². The van der Waals surface area contributed by atoms with Crippen LogP contribution in [0.2, 0.25) is 5.82 Å². The van der Waals surface area contributed by atoms with Gasteiger partial charge in [-0.3, -0.25) is 0 Å². The number of hydrogen-bond donors (Lipinski definition) is 0. The van der Waals surface area contributed by atoms with Gasteiger partial charge in [0, 0.05) is 0 Å². The van der Waals surface area contributed by atoms with Gasteiger partial charge in [-0.1, -0.05) is 19.7 Å². The molecule has 0 aliphatic carbocycles. The van der Waals surface area contributed by atoms with Crippen LogP contribution in [-0.2, 0) is 0 Å². The zero-order valence-electron chi connectivity index (χ0n) is 3.73. The van der Waals surface area contributed by atoms with Gasteiger partial charge in [-0.05, 0) is 0 Å². The Hall–Kier alpha value is 0.495. The first kappa shape index (κ1) is 5.49. The first-order valence-corrected chi connectivity index (χ1v) is 2.49. The molecule has 0 aliphatic heterocycles. The Bertz CT molecular complexity index is 20.9. The summed E-state index contributed by atoms with van der Waals surface area (Å²) in [5, 5.41) is 0. The van der Waals surface area contributed by atoms with Crippen molar-refractivity contribution in [1.29, 1.82) is 0 Å². The van der Waals surface area contributed by atoms with Gasteiger partial charge in [0.1, 0.15) is 7.00 Å². The highest BCUT2D eigenvalue weighted by Crippen LogP contribution is 1.98. The minimum atomic E-state index is 0.722. The lowest BCUT2D eigenvalue weighted by Gasteiger charge is -1.88. The molecular weight excluding hydrogens is 77.8 g/mol. The quantitative estimate of drug-likeness (QED) is 0.334. The van der Waals surface area contributed by atoms with Gasteiger partial charge >= 0.3 is 0 Å². The highest BCUT2D eigenvalue weighted by atomic mass is 31.0. The number of hydrogen-bond acceptors (Lipinski definition) is 0. The predicted octanol–water partition coefficient (Wildman–Crippen LogP) is 1.31. The normalized spacial score (nSPS) is 8.80. The summed E-state index contributed by atoms with van der Waals surface area (Å²) in [6, 6.07) is 0. The zero-order chi connectivity index (χ0) is 4.28. The van der Waals surface area contributed by atoms with Crippen molar-refractivity contribution in [2.75, 3.05) is 0 Å². The molecule has 0 heterocycles. The molecule has 0 aromatic carbocycles. The second kappa shape index (κ2) is 2.72. The van der Waals surface area contributed by atoms with Crippen LogP contribution >= 0.6 is 9.12 Å². The summed E-state index contributed by atoms with van der Waals surface area (Å²) in [6.07, 6.45) is 0. The van der Waals surface area contributed by atoms with Crippen molar-refractivity contribution in [2.24, 2.45) is 0 Å². The van der Waals surface area contributed by atoms with Crippen molar-refractivity contribution < 1.29 is 0 Å². The molecule has 0 spiro atoms. The highest BCUT2D eigenvalue weighted by Gasteiger charge is 1.83. The molecule has 0 N–H and O–H groups in total. The fourth-order valence-electron chi connectivity index (χ4n) is 0. The minimum absolute atomic E-state index is 0.722. The van der Waals surface area contributed by atoms with Crippen LogP contribution in [0.3, 0.4) is 0 Å². The maximum Gasteiger partial charge on any atom is 0.141 e. The van der Waals surface area contributed by atoms with Gasteiger partial charge in [0.25, 0.3) is 0 Å². The van der Waals surface area contributed by atoms with Gasteiger partial charge < -0.3 is 0 Å². The molecule has 0 saturated heterocycles. The Balaban J connectivity index is 2.54. The lowest BCUT2D eigenvalue weighted by molar-refractivity contribution is 1.07. The monoisotopic (exact) mass is 87.1 g/mol. The van der Waals surface area contributed by atoms with E-state index in [1.165, 1.54) is 0 Å². The summed E-state index contributed by atoms with van der Waals surface area (Å²) < 4.78 is 0. The van der Waals surface area contributed by atoms with E-state index >= 15 is 0 Å². The molecular formula is C3H9BP. The molecule has 1 atom stereocenters. The van der Waals surface area contributed by atoms with Crippen molar-refractivity contribution in [3.05, 3.63) is 0 Å². The third-order valence-electron chi connectivity index (χ3n) is 0.385. The molecule has 0 nitrogen and oxygen atoms in total. The van der Waals surface area contributed by atoms with Crippen LogP contribution in [-0.4, -0.2) is 7.00 Å². The zero-order valence-corrected chi connectivity index (χ0v) is 4.89. The molecule has 2 heteroatoms. The molecule has 1 radical (unpaired) electrons. The maximum atomic E-state index is 2.57. The van der Waals surface area contributed by atoms with Crippen LogP contribution in [0.4, 0.5) is 0 Å². The summed E-state index contributed by atoms with van der Waals surface area (Å²) in [4.78, 5) is 0. The molecule has 5 heavy (non-hydrogen) atoms. The summed E-state index contributed by atoms with van der Waals surface area (Å²) in [5.74, 6) is 0.722. The van der Waals surface area contributed by atoms with Crippen LogP contribution < -0.4 is 0 Å². The lowest BCUT2D eigenvalue weighted by atomic mass is 9.90. The molecule has 0 aliphatic rings. The van der Waals surface area contributed by atoms with Gasteiger partial charge in [-0.25, -0.2) is 0 Å². The van der Waals surface area contributed by atoms with E-state index in [0.717, 1.165) is 5.82 Å². The van der Waals surface area contributed by atoms with Gasteiger partial charge in [-0.2, -0.15) is 9.12 Å². The SMILES string of the molecule is CC(C)[B]P. The molecule has 0 rings (SSSR count). The molecule has 0 bridgehead atoms. The van der Waals surface area contributed by atoms with Gasteiger partial charge in [0.05, 0.1) is 0 Å². The Labute approximate surface area is 36.7 Å². The minimum Gasteiger partial charge on any atom is -0.178 e. The smallest absolute Gasteiger partial charge is 0.141 e. The van der Waals surface area contributed by atoms with E-state index in [1.54, 1.807) is 0 Å². The molecule has 0 fully saturated rings. The van der Waals surface area contributed by atoms with E-state index in [2.05, 4.69) is 30.0 Å². The van der Waals surface area contributed by atoms with Crippen LogP contribution in [0.5, 0.6) is 0 Å². The molecule has 0 saturated carbocycles. The van der Waals surface area contributed by atoms with Crippen LogP contribution in [0, 0.1) is 0 Å². The summed E-state index contributed by atoms with van der Waals surface area (Å²) in [7, 11) is 2.57. The fraction of sp³-hybridized carbons (Fsp3) is 1.00. The van der Waals surface area contributed by atoms with E-state index in [9.17, 15) is 0 Å². The van der Waals surface area contributed by atoms with E-state index in [0.29, 0.717) is 0 Å². The first-order chi connectivity index (χ1) is 2.27. The van der Waals surface area contributed by atoms with Gasteiger partial charge in [0.2, 0.25) is 0 Å². The second-order valence-electron chi connectivity index (χ2n) is 1.44. The largest absolute Gasteiger partial charge is 0.178 e. The third kappa shape index (κ3) is 4.49. The molecule has 0 aromatic heterocycles. The van der Waals surface area contributed by atoms with Crippen molar-refractivity contribution in [1.82, 2.24) is 0 Å². The topological polar surface area (TPSA) is 0 Å². The Morgan fingerprint density at radius 1 is 1.60 bits per heavy atom. The summed E-state index contributed by atoms with van der Waals surface area (Å²) in [5.41, 5.74) is 0. The van der Waals surface area contributed by atoms with Crippen LogP contribution in [0.15, 0.2) is 0 Å². The van der Waals surface area contributed by atoms with Gasteiger partial charge in [0.15, 0.2) is 0 Å².